The largest absolute Gasteiger partial charge is 0.286 e. The van der Waals surface area contributed by atoms with Crippen LogP contribution in [0.25, 0.3) is 0 Å². The Morgan fingerprint density at radius 1 is 1.40 bits per heavy atom. The zero-order valence-corrected chi connectivity index (χ0v) is 9.66. The zero-order chi connectivity index (χ0) is 10.3. The molecule has 2 aromatic heterocycles. The molecule has 0 atom stereocenters. The molecule has 0 amide bonds. The van der Waals surface area contributed by atoms with Gasteiger partial charge in [-0.1, -0.05) is 0 Å². The van der Waals surface area contributed by atoms with Crippen molar-refractivity contribution in [3.63, 3.8) is 0 Å². The monoisotopic (exact) mass is 235 g/mol. The molecule has 4 heteroatoms. The number of hydrogen-bond donors (Lipinski definition) is 0. The molecule has 0 radical (unpaired) electrons. The summed E-state index contributed by atoms with van der Waals surface area (Å²) in [7, 11) is 0. The molecule has 0 aliphatic heterocycles. The summed E-state index contributed by atoms with van der Waals surface area (Å²) in [5.41, 5.74) is 3.66. The quantitative estimate of drug-likeness (QED) is 0.749. The van der Waals surface area contributed by atoms with Crippen LogP contribution in [0.4, 0.5) is 0 Å². The van der Waals surface area contributed by atoms with Gasteiger partial charge in [-0.15, -0.1) is 22.7 Å². The Morgan fingerprint density at radius 3 is 3.07 bits per heavy atom. The molecule has 2 heterocycles. The van der Waals surface area contributed by atoms with E-state index < -0.39 is 0 Å². The van der Waals surface area contributed by atoms with Crippen molar-refractivity contribution in [2.75, 3.05) is 0 Å². The van der Waals surface area contributed by atoms with Crippen molar-refractivity contribution in [2.24, 2.45) is 0 Å². The Morgan fingerprint density at radius 2 is 2.33 bits per heavy atom. The maximum absolute atomic E-state index is 12.0. The van der Waals surface area contributed by atoms with E-state index in [1.807, 2.05) is 5.38 Å². The summed E-state index contributed by atoms with van der Waals surface area (Å²) in [6.45, 7) is 0. The van der Waals surface area contributed by atoms with Crippen molar-refractivity contribution in [1.29, 1.82) is 0 Å². The first-order valence-electron chi connectivity index (χ1n) is 4.89. The molecular weight excluding hydrogens is 226 g/mol. The van der Waals surface area contributed by atoms with Crippen molar-refractivity contribution in [3.05, 3.63) is 38.0 Å². The average molecular weight is 235 g/mol. The molecule has 3 rings (SSSR count). The minimum atomic E-state index is 0.0793. The lowest BCUT2D eigenvalue weighted by molar-refractivity contribution is 0.103. The van der Waals surface area contributed by atoms with Crippen LogP contribution in [-0.2, 0) is 12.8 Å². The van der Waals surface area contributed by atoms with Crippen LogP contribution in [0.15, 0.2) is 17.0 Å². The minimum absolute atomic E-state index is 0.0793. The van der Waals surface area contributed by atoms with Gasteiger partial charge in [-0.05, 0) is 30.9 Å². The van der Waals surface area contributed by atoms with Gasteiger partial charge < -0.3 is 0 Å². The number of hydrogen-bond acceptors (Lipinski definition) is 4. The molecule has 76 valence electrons. The van der Waals surface area contributed by atoms with Crippen LogP contribution in [0.3, 0.4) is 0 Å². The maximum atomic E-state index is 12.0. The van der Waals surface area contributed by atoms with Crippen LogP contribution in [-0.4, -0.2) is 10.8 Å². The van der Waals surface area contributed by atoms with Crippen molar-refractivity contribution >= 4 is 28.5 Å². The molecular formula is C11H9NOS2. The zero-order valence-electron chi connectivity index (χ0n) is 8.03. The molecule has 0 spiro atoms. The van der Waals surface area contributed by atoms with Gasteiger partial charge in [0.15, 0.2) is 0 Å². The second-order valence-corrected chi connectivity index (χ2v) is 5.47. The average Bonchev–Trinajstić information content (AvgIpc) is 2.92. The van der Waals surface area contributed by atoms with Gasteiger partial charge in [-0.25, -0.2) is 4.98 Å². The Kier molecular flexibility index (Phi) is 2.18. The normalized spacial score (nSPS) is 14.1. The number of carbonyl (C=O) groups excluding carboxylic acids is 1. The first-order chi connectivity index (χ1) is 7.34. The molecule has 0 saturated carbocycles. The van der Waals surface area contributed by atoms with E-state index in [0.29, 0.717) is 5.69 Å². The number of fused-ring (bicyclic) bond motifs is 1. The Balaban J connectivity index is 1.97. The van der Waals surface area contributed by atoms with Gasteiger partial charge in [0.2, 0.25) is 5.78 Å². The highest BCUT2D eigenvalue weighted by Crippen LogP contribution is 2.31. The lowest BCUT2D eigenvalue weighted by atomic mass is 10.2. The van der Waals surface area contributed by atoms with E-state index in [-0.39, 0.29) is 5.78 Å². The van der Waals surface area contributed by atoms with E-state index in [1.165, 1.54) is 28.2 Å². The number of thiophene rings is 1. The second kappa shape index (κ2) is 3.54. The van der Waals surface area contributed by atoms with Gasteiger partial charge in [0.25, 0.3) is 0 Å². The van der Waals surface area contributed by atoms with Gasteiger partial charge in [0, 0.05) is 10.3 Å². The molecule has 1 aliphatic carbocycles. The fourth-order valence-electron chi connectivity index (χ4n) is 1.89. The standard InChI is InChI=1S/C11H9NOS2/c13-11(8-5-14-6-12-8)10-4-7-2-1-3-9(7)15-10/h4-6H,1-3H2. The van der Waals surface area contributed by atoms with Gasteiger partial charge in [0.1, 0.15) is 5.69 Å². The third kappa shape index (κ3) is 1.54. The smallest absolute Gasteiger partial charge is 0.222 e. The molecule has 0 N–H and O–H groups in total. The predicted octanol–water partition coefficient (Wildman–Crippen LogP) is 2.92. The Hall–Kier alpha value is -1.00. The van der Waals surface area contributed by atoms with Gasteiger partial charge >= 0.3 is 0 Å². The number of aryl methyl sites for hydroxylation is 2. The van der Waals surface area contributed by atoms with Crippen molar-refractivity contribution in [2.45, 2.75) is 19.3 Å². The van der Waals surface area contributed by atoms with Crippen LogP contribution in [0, 0.1) is 0 Å². The third-order valence-electron chi connectivity index (χ3n) is 2.64. The topological polar surface area (TPSA) is 30.0 Å². The number of nitrogens with zero attached hydrogens (tertiary/aromatic N) is 1. The van der Waals surface area contributed by atoms with Gasteiger partial charge in [0.05, 0.1) is 10.4 Å². The van der Waals surface area contributed by atoms with E-state index >= 15 is 0 Å². The highest BCUT2D eigenvalue weighted by molar-refractivity contribution is 7.14. The van der Waals surface area contributed by atoms with Gasteiger partial charge in [-0.3, -0.25) is 4.79 Å². The lowest BCUT2D eigenvalue weighted by Crippen LogP contribution is -1.98. The molecule has 1 aliphatic rings. The number of aromatic nitrogens is 1. The summed E-state index contributed by atoms with van der Waals surface area (Å²) in [5.74, 6) is 0.0793. The lowest BCUT2D eigenvalue weighted by Gasteiger charge is -1.91. The fourth-order valence-corrected chi connectivity index (χ4v) is 3.63. The summed E-state index contributed by atoms with van der Waals surface area (Å²) in [5, 5.41) is 1.81. The number of thiazole rings is 1. The van der Waals surface area contributed by atoms with Crippen LogP contribution >= 0.6 is 22.7 Å². The molecule has 2 nitrogen and oxygen atoms in total. The first-order valence-corrected chi connectivity index (χ1v) is 6.65. The SMILES string of the molecule is O=C(c1cscn1)c1cc2c(s1)CCC2. The molecule has 0 unspecified atom stereocenters. The van der Waals surface area contributed by atoms with Crippen molar-refractivity contribution < 1.29 is 4.79 Å². The molecule has 15 heavy (non-hydrogen) atoms. The fraction of sp³-hybridized carbons (Fsp3) is 0.273. The van der Waals surface area contributed by atoms with Crippen LogP contribution in [0.1, 0.15) is 32.2 Å². The summed E-state index contributed by atoms with van der Waals surface area (Å²) >= 11 is 3.11. The van der Waals surface area contributed by atoms with Crippen LogP contribution in [0.2, 0.25) is 0 Å². The summed E-state index contributed by atoms with van der Waals surface area (Å²) < 4.78 is 0. The van der Waals surface area contributed by atoms with Crippen LogP contribution < -0.4 is 0 Å². The summed E-state index contributed by atoms with van der Waals surface area (Å²) in [6, 6.07) is 2.05. The van der Waals surface area contributed by atoms with E-state index in [4.69, 9.17) is 0 Å². The van der Waals surface area contributed by atoms with Gasteiger partial charge in [-0.2, -0.15) is 0 Å². The summed E-state index contributed by atoms with van der Waals surface area (Å²) in [6.07, 6.45) is 3.52. The molecule has 0 bridgehead atoms. The van der Waals surface area contributed by atoms with E-state index in [0.717, 1.165) is 17.7 Å². The van der Waals surface area contributed by atoms with E-state index in [2.05, 4.69) is 11.1 Å². The number of rotatable bonds is 2. The van der Waals surface area contributed by atoms with Crippen molar-refractivity contribution in [3.8, 4) is 0 Å². The molecule has 2 aromatic rings. The molecule has 0 saturated heterocycles. The third-order valence-corrected chi connectivity index (χ3v) is 4.46. The maximum Gasteiger partial charge on any atom is 0.222 e. The highest BCUT2D eigenvalue weighted by atomic mass is 32.1. The van der Waals surface area contributed by atoms with E-state index in [1.54, 1.807) is 16.8 Å². The number of carbonyl (C=O) groups is 1. The predicted molar refractivity (Wildman–Crippen MR) is 61.9 cm³/mol. The van der Waals surface area contributed by atoms with Crippen LogP contribution in [0.5, 0.6) is 0 Å². The van der Waals surface area contributed by atoms with E-state index in [9.17, 15) is 4.79 Å². The first kappa shape index (κ1) is 9.24. The second-order valence-electron chi connectivity index (χ2n) is 3.62. The molecule has 0 aromatic carbocycles. The molecule has 0 fully saturated rings. The Labute approximate surface area is 95.6 Å². The summed E-state index contributed by atoms with van der Waals surface area (Å²) in [4.78, 5) is 18.3. The van der Waals surface area contributed by atoms with Crippen molar-refractivity contribution in [1.82, 2.24) is 4.98 Å². The minimum Gasteiger partial charge on any atom is -0.286 e. The Bertz CT molecular complexity index is 477. The number of ketones is 1. The highest BCUT2D eigenvalue weighted by Gasteiger charge is 2.20.